The first-order valence-corrected chi connectivity index (χ1v) is 8.82. The number of hydrogen-bond acceptors (Lipinski definition) is 4. The number of amides is 2. The number of carbonyl (C=O) groups excluding carboxylic acids is 3. The molecule has 2 aromatic rings. The lowest BCUT2D eigenvalue weighted by atomic mass is 10.0. The number of rotatable bonds is 8. The van der Waals surface area contributed by atoms with Gasteiger partial charge >= 0.3 is 0 Å². The van der Waals surface area contributed by atoms with E-state index < -0.39 is 0 Å². The molecule has 0 radical (unpaired) electrons. The molecule has 1 aliphatic rings. The Hall–Kier alpha value is -2.89. The molecule has 1 aliphatic carbocycles. The summed E-state index contributed by atoms with van der Waals surface area (Å²) in [6.45, 7) is 0.158. The van der Waals surface area contributed by atoms with Gasteiger partial charge in [-0.1, -0.05) is 12.1 Å². The molecule has 26 heavy (non-hydrogen) atoms. The van der Waals surface area contributed by atoms with Crippen molar-refractivity contribution in [1.29, 1.82) is 0 Å². The summed E-state index contributed by atoms with van der Waals surface area (Å²) in [4.78, 5) is 35.8. The molecule has 0 atom stereocenters. The Bertz CT molecular complexity index is 796. The second-order valence-electron chi connectivity index (χ2n) is 6.39. The first-order chi connectivity index (χ1) is 12.6. The van der Waals surface area contributed by atoms with Crippen LogP contribution in [0.25, 0.3) is 0 Å². The third kappa shape index (κ3) is 4.81. The SMILES string of the molecule is O=C(CCC(=O)c1ccc2c(c1)CCC2)NCC(=O)NCc1ccco1. The van der Waals surface area contributed by atoms with E-state index in [-0.39, 0.29) is 43.5 Å². The van der Waals surface area contributed by atoms with Gasteiger partial charge in [0.2, 0.25) is 11.8 Å². The molecule has 0 spiro atoms. The van der Waals surface area contributed by atoms with Crippen LogP contribution in [-0.2, 0) is 29.0 Å². The van der Waals surface area contributed by atoms with E-state index in [1.165, 1.54) is 17.4 Å². The molecular weight excluding hydrogens is 332 g/mol. The second kappa shape index (κ2) is 8.47. The van der Waals surface area contributed by atoms with Crippen LogP contribution in [-0.4, -0.2) is 24.1 Å². The van der Waals surface area contributed by atoms with Crippen LogP contribution in [0.15, 0.2) is 41.0 Å². The molecule has 1 heterocycles. The Labute approximate surface area is 152 Å². The quantitative estimate of drug-likeness (QED) is 0.711. The van der Waals surface area contributed by atoms with Crippen molar-refractivity contribution in [2.45, 2.75) is 38.6 Å². The van der Waals surface area contributed by atoms with Crippen LogP contribution in [0.4, 0.5) is 0 Å². The summed E-state index contributed by atoms with van der Waals surface area (Å²) in [5.74, 6) is -0.0194. The van der Waals surface area contributed by atoms with Gasteiger partial charge in [0, 0.05) is 18.4 Å². The van der Waals surface area contributed by atoms with E-state index in [1.54, 1.807) is 12.1 Å². The number of Topliss-reactive ketones (excluding diaryl/α,β-unsaturated/α-hetero) is 1. The molecule has 6 heteroatoms. The molecule has 0 saturated carbocycles. The number of carbonyl (C=O) groups is 3. The van der Waals surface area contributed by atoms with E-state index in [9.17, 15) is 14.4 Å². The summed E-state index contributed by atoms with van der Waals surface area (Å²) < 4.78 is 5.10. The topological polar surface area (TPSA) is 88.4 Å². The predicted octanol–water partition coefficient (Wildman–Crippen LogP) is 2.16. The van der Waals surface area contributed by atoms with Crippen molar-refractivity contribution in [3.63, 3.8) is 0 Å². The highest BCUT2D eigenvalue weighted by atomic mass is 16.3. The van der Waals surface area contributed by atoms with Gasteiger partial charge in [-0.05, 0) is 48.6 Å². The minimum atomic E-state index is -0.312. The van der Waals surface area contributed by atoms with Crippen molar-refractivity contribution >= 4 is 17.6 Å². The standard InChI is InChI=1S/C20H22N2O4/c23-18(16-7-6-14-3-1-4-15(14)11-16)8-9-19(24)22-13-20(25)21-12-17-5-2-10-26-17/h2,5-7,10-11H,1,3-4,8-9,12-13H2,(H,21,25)(H,22,24). The molecule has 0 unspecified atom stereocenters. The smallest absolute Gasteiger partial charge is 0.239 e. The maximum absolute atomic E-state index is 12.3. The van der Waals surface area contributed by atoms with Crippen LogP contribution in [0.1, 0.15) is 46.5 Å². The van der Waals surface area contributed by atoms with E-state index in [1.807, 2.05) is 18.2 Å². The summed E-state index contributed by atoms with van der Waals surface area (Å²) in [5.41, 5.74) is 3.23. The van der Waals surface area contributed by atoms with Gasteiger partial charge in [-0.3, -0.25) is 14.4 Å². The van der Waals surface area contributed by atoms with E-state index in [2.05, 4.69) is 10.6 Å². The van der Waals surface area contributed by atoms with Gasteiger partial charge < -0.3 is 15.1 Å². The minimum Gasteiger partial charge on any atom is -0.467 e. The van der Waals surface area contributed by atoms with Crippen molar-refractivity contribution in [2.75, 3.05) is 6.54 Å². The Morgan fingerprint density at radius 2 is 1.81 bits per heavy atom. The second-order valence-corrected chi connectivity index (χ2v) is 6.39. The van der Waals surface area contributed by atoms with Gasteiger partial charge in [-0.15, -0.1) is 0 Å². The summed E-state index contributed by atoms with van der Waals surface area (Å²) in [7, 11) is 0. The zero-order chi connectivity index (χ0) is 18.4. The van der Waals surface area contributed by atoms with Crippen molar-refractivity contribution in [3.05, 3.63) is 59.0 Å². The molecule has 0 bridgehead atoms. The Balaban J connectivity index is 1.37. The fourth-order valence-electron chi connectivity index (χ4n) is 3.05. The zero-order valence-corrected chi connectivity index (χ0v) is 14.5. The largest absolute Gasteiger partial charge is 0.467 e. The van der Waals surface area contributed by atoms with Crippen molar-refractivity contribution < 1.29 is 18.8 Å². The lowest BCUT2D eigenvalue weighted by Crippen LogP contribution is -2.36. The summed E-state index contributed by atoms with van der Waals surface area (Å²) in [6, 6.07) is 9.29. The summed E-state index contributed by atoms with van der Waals surface area (Å²) in [6.07, 6.45) is 4.97. The molecule has 6 nitrogen and oxygen atoms in total. The highest BCUT2D eigenvalue weighted by Gasteiger charge is 2.15. The molecule has 3 rings (SSSR count). The van der Waals surface area contributed by atoms with Crippen LogP contribution in [0.3, 0.4) is 0 Å². The van der Waals surface area contributed by atoms with Crippen LogP contribution in [0.5, 0.6) is 0 Å². The van der Waals surface area contributed by atoms with E-state index in [0.29, 0.717) is 11.3 Å². The van der Waals surface area contributed by atoms with E-state index >= 15 is 0 Å². The molecule has 0 fully saturated rings. The molecule has 2 N–H and O–H groups in total. The number of nitrogens with one attached hydrogen (secondary N) is 2. The lowest BCUT2D eigenvalue weighted by Gasteiger charge is -2.07. The van der Waals surface area contributed by atoms with Gasteiger partial charge in [0.15, 0.2) is 5.78 Å². The molecule has 0 saturated heterocycles. The highest BCUT2D eigenvalue weighted by Crippen LogP contribution is 2.23. The Kier molecular flexibility index (Phi) is 5.84. The van der Waals surface area contributed by atoms with Crippen LogP contribution >= 0.6 is 0 Å². The minimum absolute atomic E-state index is 0.0443. The normalized spacial score (nSPS) is 12.5. The Morgan fingerprint density at radius 3 is 2.62 bits per heavy atom. The first kappa shape index (κ1) is 17.9. The van der Waals surface area contributed by atoms with E-state index in [0.717, 1.165) is 19.3 Å². The van der Waals surface area contributed by atoms with Gasteiger partial charge in [0.25, 0.3) is 0 Å². The van der Waals surface area contributed by atoms with Crippen molar-refractivity contribution in [2.24, 2.45) is 0 Å². The fraction of sp³-hybridized carbons (Fsp3) is 0.350. The maximum atomic E-state index is 12.3. The van der Waals surface area contributed by atoms with Gasteiger partial charge in [0.1, 0.15) is 5.76 Å². The number of hydrogen-bond donors (Lipinski definition) is 2. The molecule has 2 amide bonds. The fourth-order valence-corrected chi connectivity index (χ4v) is 3.05. The number of fused-ring (bicyclic) bond motifs is 1. The molecule has 136 valence electrons. The number of furan rings is 1. The van der Waals surface area contributed by atoms with Crippen LogP contribution < -0.4 is 10.6 Å². The van der Waals surface area contributed by atoms with Crippen LogP contribution in [0, 0.1) is 0 Å². The zero-order valence-electron chi connectivity index (χ0n) is 14.5. The van der Waals surface area contributed by atoms with Gasteiger partial charge in [-0.2, -0.15) is 0 Å². The Morgan fingerprint density at radius 1 is 0.962 bits per heavy atom. The molecule has 1 aromatic carbocycles. The third-order valence-corrected chi connectivity index (χ3v) is 4.49. The van der Waals surface area contributed by atoms with Gasteiger partial charge in [-0.25, -0.2) is 0 Å². The third-order valence-electron chi connectivity index (χ3n) is 4.49. The number of aryl methyl sites for hydroxylation is 2. The number of ketones is 1. The van der Waals surface area contributed by atoms with Crippen LogP contribution in [0.2, 0.25) is 0 Å². The highest BCUT2D eigenvalue weighted by molar-refractivity contribution is 5.98. The maximum Gasteiger partial charge on any atom is 0.239 e. The summed E-state index contributed by atoms with van der Waals surface area (Å²) >= 11 is 0. The predicted molar refractivity (Wildman–Crippen MR) is 95.6 cm³/mol. The summed E-state index contributed by atoms with van der Waals surface area (Å²) in [5, 5.41) is 5.17. The molecule has 0 aliphatic heterocycles. The molecular formula is C20H22N2O4. The van der Waals surface area contributed by atoms with E-state index in [4.69, 9.17) is 4.42 Å². The van der Waals surface area contributed by atoms with Gasteiger partial charge in [0.05, 0.1) is 19.4 Å². The monoisotopic (exact) mass is 354 g/mol. The molecule has 1 aromatic heterocycles. The average Bonchev–Trinajstić information content (AvgIpc) is 3.33. The number of benzene rings is 1. The lowest BCUT2D eigenvalue weighted by molar-refractivity contribution is -0.126. The van der Waals surface area contributed by atoms with Crippen molar-refractivity contribution in [3.8, 4) is 0 Å². The van der Waals surface area contributed by atoms with Crippen molar-refractivity contribution in [1.82, 2.24) is 10.6 Å². The first-order valence-electron chi connectivity index (χ1n) is 8.82. The average molecular weight is 354 g/mol.